The fraction of sp³-hybridized carbons (Fsp3) is 0. The molecule has 0 amide bonds. The molecule has 0 aliphatic heterocycles. The van der Waals surface area contributed by atoms with E-state index in [4.69, 9.17) is 0 Å². The van der Waals surface area contributed by atoms with E-state index in [1.165, 1.54) is 0 Å². The van der Waals surface area contributed by atoms with Crippen LogP contribution in [0.15, 0.2) is 47.2 Å². The molecule has 0 atom stereocenters. The van der Waals surface area contributed by atoms with E-state index in [-0.39, 0.29) is 5.78 Å². The predicted octanol–water partition coefficient (Wildman–Crippen LogP) is 4.25. The van der Waals surface area contributed by atoms with Crippen molar-refractivity contribution < 1.29 is 4.79 Å². The number of rotatable bonds is 3. The average molecular weight is 340 g/mol. The summed E-state index contributed by atoms with van der Waals surface area (Å²) < 4.78 is 1.14. The SMILES string of the molecule is O=C(/C=C/c1ccsc1)c1ccc(I)cc1. The van der Waals surface area contributed by atoms with E-state index in [1.807, 2.05) is 47.2 Å². The summed E-state index contributed by atoms with van der Waals surface area (Å²) in [7, 11) is 0. The lowest BCUT2D eigenvalue weighted by Crippen LogP contribution is -1.93. The molecule has 2 aromatic rings. The van der Waals surface area contributed by atoms with E-state index in [2.05, 4.69) is 22.6 Å². The van der Waals surface area contributed by atoms with Crippen LogP contribution in [-0.4, -0.2) is 5.78 Å². The minimum Gasteiger partial charge on any atom is -0.289 e. The van der Waals surface area contributed by atoms with Crippen LogP contribution < -0.4 is 0 Å². The zero-order valence-electron chi connectivity index (χ0n) is 8.39. The number of carbonyl (C=O) groups is 1. The van der Waals surface area contributed by atoms with Gasteiger partial charge in [0.05, 0.1) is 0 Å². The van der Waals surface area contributed by atoms with Crippen LogP contribution in [0.4, 0.5) is 0 Å². The van der Waals surface area contributed by atoms with Crippen molar-refractivity contribution in [2.24, 2.45) is 0 Å². The molecular weight excluding hydrogens is 331 g/mol. The third-order valence-corrected chi connectivity index (χ3v) is 3.52. The average Bonchev–Trinajstić information content (AvgIpc) is 2.80. The largest absolute Gasteiger partial charge is 0.289 e. The lowest BCUT2D eigenvalue weighted by Gasteiger charge is -1.95. The first-order valence-corrected chi connectivity index (χ1v) is 6.78. The van der Waals surface area contributed by atoms with Crippen LogP contribution in [-0.2, 0) is 0 Å². The Labute approximate surface area is 112 Å². The number of hydrogen-bond donors (Lipinski definition) is 0. The van der Waals surface area contributed by atoms with Gasteiger partial charge in [0.15, 0.2) is 5.78 Å². The third-order valence-electron chi connectivity index (χ3n) is 2.10. The van der Waals surface area contributed by atoms with Gasteiger partial charge in [0.1, 0.15) is 0 Å². The summed E-state index contributed by atoms with van der Waals surface area (Å²) in [4.78, 5) is 11.8. The van der Waals surface area contributed by atoms with Gasteiger partial charge in [0.2, 0.25) is 0 Å². The topological polar surface area (TPSA) is 17.1 Å². The van der Waals surface area contributed by atoms with Crippen molar-refractivity contribution in [1.82, 2.24) is 0 Å². The van der Waals surface area contributed by atoms with Crippen molar-refractivity contribution in [3.8, 4) is 0 Å². The summed E-state index contributed by atoms with van der Waals surface area (Å²) in [5, 5.41) is 4.01. The van der Waals surface area contributed by atoms with Crippen LogP contribution in [0.2, 0.25) is 0 Å². The molecule has 0 aliphatic rings. The molecule has 0 spiro atoms. The van der Waals surface area contributed by atoms with Crippen molar-refractivity contribution in [3.05, 3.63) is 61.9 Å². The van der Waals surface area contributed by atoms with Crippen LogP contribution in [0.3, 0.4) is 0 Å². The van der Waals surface area contributed by atoms with E-state index in [0.29, 0.717) is 0 Å². The van der Waals surface area contributed by atoms with E-state index < -0.39 is 0 Å². The zero-order valence-corrected chi connectivity index (χ0v) is 11.4. The molecule has 0 bridgehead atoms. The Bertz CT molecular complexity index is 497. The first-order valence-electron chi connectivity index (χ1n) is 4.76. The maximum absolute atomic E-state index is 11.8. The summed E-state index contributed by atoms with van der Waals surface area (Å²) in [6, 6.07) is 9.56. The molecule has 0 saturated heterocycles. The molecule has 0 aliphatic carbocycles. The highest BCUT2D eigenvalue weighted by Gasteiger charge is 2.00. The van der Waals surface area contributed by atoms with Crippen LogP contribution in [0.5, 0.6) is 0 Å². The van der Waals surface area contributed by atoms with Crippen molar-refractivity contribution >= 4 is 45.8 Å². The quantitative estimate of drug-likeness (QED) is 0.464. The number of allylic oxidation sites excluding steroid dienone is 1. The molecule has 2 rings (SSSR count). The maximum atomic E-state index is 11.8. The second kappa shape index (κ2) is 5.41. The van der Waals surface area contributed by atoms with Crippen molar-refractivity contribution in [1.29, 1.82) is 0 Å². The number of thiophene rings is 1. The lowest BCUT2D eigenvalue weighted by atomic mass is 10.1. The normalized spacial score (nSPS) is 10.8. The lowest BCUT2D eigenvalue weighted by molar-refractivity contribution is 0.104. The fourth-order valence-electron chi connectivity index (χ4n) is 1.25. The van der Waals surface area contributed by atoms with Gasteiger partial charge in [-0.1, -0.05) is 18.2 Å². The summed E-state index contributed by atoms with van der Waals surface area (Å²) in [5.74, 6) is 0.0441. The smallest absolute Gasteiger partial charge is 0.185 e. The molecule has 1 heterocycles. The molecule has 16 heavy (non-hydrogen) atoms. The van der Waals surface area contributed by atoms with E-state index in [0.717, 1.165) is 14.7 Å². The summed E-state index contributed by atoms with van der Waals surface area (Å²) in [6.07, 6.45) is 3.46. The van der Waals surface area contributed by atoms with E-state index in [1.54, 1.807) is 17.4 Å². The molecule has 0 radical (unpaired) electrons. The molecule has 3 heteroatoms. The monoisotopic (exact) mass is 340 g/mol. The van der Waals surface area contributed by atoms with Gasteiger partial charge >= 0.3 is 0 Å². The van der Waals surface area contributed by atoms with Gasteiger partial charge in [-0.05, 0) is 63.2 Å². The Balaban J connectivity index is 2.11. The Morgan fingerprint density at radius 2 is 1.94 bits per heavy atom. The molecule has 1 aromatic heterocycles. The highest BCUT2D eigenvalue weighted by molar-refractivity contribution is 14.1. The molecule has 0 saturated carbocycles. The molecule has 80 valence electrons. The van der Waals surface area contributed by atoms with Crippen LogP contribution in [0, 0.1) is 3.57 Å². The van der Waals surface area contributed by atoms with Gasteiger partial charge in [-0.3, -0.25) is 4.79 Å². The number of carbonyl (C=O) groups excluding carboxylic acids is 1. The first kappa shape index (κ1) is 11.5. The number of hydrogen-bond acceptors (Lipinski definition) is 2. The highest BCUT2D eigenvalue weighted by atomic mass is 127. The molecule has 0 N–H and O–H groups in total. The molecule has 0 fully saturated rings. The Hall–Kier alpha value is -0.940. The molecule has 1 nitrogen and oxygen atoms in total. The van der Waals surface area contributed by atoms with E-state index >= 15 is 0 Å². The Kier molecular flexibility index (Phi) is 3.90. The Morgan fingerprint density at radius 3 is 2.56 bits per heavy atom. The highest BCUT2D eigenvalue weighted by Crippen LogP contribution is 2.11. The third kappa shape index (κ3) is 3.02. The van der Waals surface area contributed by atoms with Crippen LogP contribution >= 0.6 is 33.9 Å². The number of ketones is 1. The van der Waals surface area contributed by atoms with E-state index in [9.17, 15) is 4.79 Å². The number of benzene rings is 1. The summed E-state index contributed by atoms with van der Waals surface area (Å²) >= 11 is 3.85. The molecular formula is C13H9IOS. The second-order valence-corrected chi connectivity index (χ2v) is 5.29. The van der Waals surface area contributed by atoms with Crippen LogP contribution in [0.25, 0.3) is 6.08 Å². The van der Waals surface area contributed by atoms with Gasteiger partial charge in [-0.2, -0.15) is 11.3 Å². The zero-order chi connectivity index (χ0) is 11.4. The molecule has 1 aromatic carbocycles. The Morgan fingerprint density at radius 1 is 1.19 bits per heavy atom. The maximum Gasteiger partial charge on any atom is 0.185 e. The van der Waals surface area contributed by atoms with Crippen molar-refractivity contribution in [2.45, 2.75) is 0 Å². The minimum absolute atomic E-state index is 0.0441. The van der Waals surface area contributed by atoms with Gasteiger partial charge in [-0.15, -0.1) is 0 Å². The predicted molar refractivity (Wildman–Crippen MR) is 76.8 cm³/mol. The van der Waals surface area contributed by atoms with Crippen LogP contribution in [0.1, 0.15) is 15.9 Å². The van der Waals surface area contributed by atoms with Gasteiger partial charge in [0.25, 0.3) is 0 Å². The minimum atomic E-state index is 0.0441. The van der Waals surface area contributed by atoms with Gasteiger partial charge in [0, 0.05) is 9.13 Å². The standard InChI is InChI=1S/C13H9IOS/c14-12-4-2-11(3-5-12)13(15)6-1-10-7-8-16-9-10/h1-9H/b6-1+. The second-order valence-electron chi connectivity index (χ2n) is 3.26. The first-order chi connectivity index (χ1) is 7.75. The van der Waals surface area contributed by atoms with Crippen molar-refractivity contribution in [2.75, 3.05) is 0 Å². The summed E-state index contributed by atoms with van der Waals surface area (Å²) in [6.45, 7) is 0. The number of halogens is 1. The van der Waals surface area contributed by atoms with Gasteiger partial charge < -0.3 is 0 Å². The summed E-state index contributed by atoms with van der Waals surface area (Å²) in [5.41, 5.74) is 1.80. The molecule has 0 unspecified atom stereocenters. The fourth-order valence-corrected chi connectivity index (χ4v) is 2.24. The van der Waals surface area contributed by atoms with Gasteiger partial charge in [-0.25, -0.2) is 0 Å². The van der Waals surface area contributed by atoms with Crippen molar-refractivity contribution in [3.63, 3.8) is 0 Å².